The summed E-state index contributed by atoms with van der Waals surface area (Å²) in [6, 6.07) is 10.6. The quantitative estimate of drug-likeness (QED) is 0.907. The topological polar surface area (TPSA) is 42.4 Å². The van der Waals surface area contributed by atoms with Gasteiger partial charge in [0.05, 0.1) is 6.61 Å². The van der Waals surface area contributed by atoms with E-state index in [1.807, 2.05) is 13.0 Å². The molecule has 0 radical (unpaired) electrons. The normalized spacial score (nSPS) is 10.3. The SMILES string of the molecule is Cc1cc(CO)cc(Oc2ccc(Cl)cc2)n1. The van der Waals surface area contributed by atoms with Gasteiger partial charge in [-0.15, -0.1) is 0 Å². The highest BCUT2D eigenvalue weighted by molar-refractivity contribution is 6.30. The van der Waals surface area contributed by atoms with E-state index in [-0.39, 0.29) is 6.61 Å². The molecule has 1 aromatic heterocycles. The van der Waals surface area contributed by atoms with E-state index in [0.717, 1.165) is 11.3 Å². The standard InChI is InChI=1S/C13H12ClNO2/c1-9-6-10(8-16)7-13(15-9)17-12-4-2-11(14)3-5-12/h2-7,16H,8H2,1H3. The van der Waals surface area contributed by atoms with Crippen molar-refractivity contribution in [2.24, 2.45) is 0 Å². The lowest BCUT2D eigenvalue weighted by Crippen LogP contribution is -1.93. The van der Waals surface area contributed by atoms with Gasteiger partial charge in [0.15, 0.2) is 0 Å². The van der Waals surface area contributed by atoms with Crippen LogP contribution in [-0.2, 0) is 6.61 Å². The molecule has 0 bridgehead atoms. The lowest BCUT2D eigenvalue weighted by Gasteiger charge is -2.07. The number of aliphatic hydroxyl groups is 1. The summed E-state index contributed by atoms with van der Waals surface area (Å²) in [6.45, 7) is 1.83. The molecule has 0 unspecified atom stereocenters. The number of hydrogen-bond acceptors (Lipinski definition) is 3. The van der Waals surface area contributed by atoms with Gasteiger partial charge in [-0.3, -0.25) is 0 Å². The van der Waals surface area contributed by atoms with E-state index in [2.05, 4.69) is 4.98 Å². The van der Waals surface area contributed by atoms with E-state index in [0.29, 0.717) is 16.7 Å². The highest BCUT2D eigenvalue weighted by Crippen LogP contribution is 2.22. The maximum absolute atomic E-state index is 9.09. The summed E-state index contributed by atoms with van der Waals surface area (Å²) in [5, 5.41) is 9.75. The summed E-state index contributed by atoms with van der Waals surface area (Å²) < 4.78 is 5.58. The predicted molar refractivity (Wildman–Crippen MR) is 66.4 cm³/mol. The monoisotopic (exact) mass is 249 g/mol. The van der Waals surface area contributed by atoms with Gasteiger partial charge < -0.3 is 9.84 Å². The minimum atomic E-state index is -0.0274. The molecule has 2 rings (SSSR count). The van der Waals surface area contributed by atoms with Crippen LogP contribution in [0, 0.1) is 6.92 Å². The van der Waals surface area contributed by atoms with E-state index in [9.17, 15) is 0 Å². The molecular weight excluding hydrogens is 238 g/mol. The molecule has 0 spiro atoms. The van der Waals surface area contributed by atoms with Crippen molar-refractivity contribution < 1.29 is 9.84 Å². The molecule has 0 aliphatic rings. The zero-order valence-corrected chi connectivity index (χ0v) is 10.1. The molecule has 1 N–H and O–H groups in total. The molecular formula is C13H12ClNO2. The zero-order valence-electron chi connectivity index (χ0n) is 9.35. The van der Waals surface area contributed by atoms with Crippen LogP contribution in [0.5, 0.6) is 11.6 Å². The highest BCUT2D eigenvalue weighted by Gasteiger charge is 2.02. The van der Waals surface area contributed by atoms with Crippen molar-refractivity contribution in [3.8, 4) is 11.6 Å². The molecule has 1 heterocycles. The van der Waals surface area contributed by atoms with Gasteiger partial charge in [-0.25, -0.2) is 4.98 Å². The molecule has 0 fully saturated rings. The number of pyridine rings is 1. The summed E-state index contributed by atoms with van der Waals surface area (Å²) in [6.07, 6.45) is 0. The first-order valence-electron chi connectivity index (χ1n) is 5.19. The Hall–Kier alpha value is -1.58. The van der Waals surface area contributed by atoms with Crippen LogP contribution >= 0.6 is 11.6 Å². The van der Waals surface area contributed by atoms with Crippen molar-refractivity contribution in [1.82, 2.24) is 4.98 Å². The van der Waals surface area contributed by atoms with Gasteiger partial charge in [0, 0.05) is 16.8 Å². The first-order valence-corrected chi connectivity index (χ1v) is 5.57. The summed E-state index contributed by atoms with van der Waals surface area (Å²) in [5.74, 6) is 1.13. The number of benzene rings is 1. The Labute approximate surface area is 105 Å². The summed E-state index contributed by atoms with van der Waals surface area (Å²) in [7, 11) is 0. The second-order valence-corrected chi connectivity index (χ2v) is 4.11. The molecule has 0 atom stereocenters. The van der Waals surface area contributed by atoms with Crippen molar-refractivity contribution >= 4 is 11.6 Å². The van der Waals surface area contributed by atoms with Crippen LogP contribution in [0.3, 0.4) is 0 Å². The number of halogens is 1. The Morgan fingerprint density at radius 1 is 1.24 bits per heavy atom. The Balaban J connectivity index is 2.23. The molecule has 88 valence electrons. The molecule has 0 aliphatic carbocycles. The Morgan fingerprint density at radius 2 is 1.94 bits per heavy atom. The van der Waals surface area contributed by atoms with E-state index < -0.39 is 0 Å². The molecule has 0 saturated carbocycles. The molecule has 2 aromatic rings. The van der Waals surface area contributed by atoms with E-state index in [1.165, 1.54) is 0 Å². The van der Waals surface area contributed by atoms with Crippen molar-refractivity contribution in [1.29, 1.82) is 0 Å². The fraction of sp³-hybridized carbons (Fsp3) is 0.154. The fourth-order valence-electron chi connectivity index (χ4n) is 1.47. The Kier molecular flexibility index (Phi) is 3.61. The third kappa shape index (κ3) is 3.19. The van der Waals surface area contributed by atoms with Gasteiger partial charge >= 0.3 is 0 Å². The molecule has 0 saturated heterocycles. The smallest absolute Gasteiger partial charge is 0.219 e. The van der Waals surface area contributed by atoms with Crippen LogP contribution in [0.1, 0.15) is 11.3 Å². The van der Waals surface area contributed by atoms with Gasteiger partial charge in [0.25, 0.3) is 0 Å². The molecule has 17 heavy (non-hydrogen) atoms. The largest absolute Gasteiger partial charge is 0.439 e. The summed E-state index contributed by atoms with van der Waals surface area (Å²) in [4.78, 5) is 4.23. The Morgan fingerprint density at radius 3 is 2.59 bits per heavy atom. The van der Waals surface area contributed by atoms with Crippen LogP contribution in [-0.4, -0.2) is 10.1 Å². The van der Waals surface area contributed by atoms with Crippen LogP contribution < -0.4 is 4.74 Å². The van der Waals surface area contributed by atoms with Gasteiger partial charge in [-0.2, -0.15) is 0 Å². The number of aromatic nitrogens is 1. The highest BCUT2D eigenvalue weighted by atomic mass is 35.5. The number of hydrogen-bond donors (Lipinski definition) is 1. The van der Waals surface area contributed by atoms with Gasteiger partial charge in [-0.05, 0) is 42.8 Å². The third-order valence-electron chi connectivity index (χ3n) is 2.21. The van der Waals surface area contributed by atoms with E-state index in [1.54, 1.807) is 30.3 Å². The van der Waals surface area contributed by atoms with Gasteiger partial charge in [0.2, 0.25) is 5.88 Å². The van der Waals surface area contributed by atoms with Crippen LogP contribution in [0.4, 0.5) is 0 Å². The maximum atomic E-state index is 9.09. The number of aryl methyl sites for hydroxylation is 1. The minimum absolute atomic E-state index is 0.0274. The first-order chi connectivity index (χ1) is 8.17. The average molecular weight is 250 g/mol. The lowest BCUT2D eigenvalue weighted by molar-refractivity contribution is 0.281. The van der Waals surface area contributed by atoms with Crippen LogP contribution in [0.15, 0.2) is 36.4 Å². The van der Waals surface area contributed by atoms with E-state index >= 15 is 0 Å². The average Bonchev–Trinajstić information content (AvgIpc) is 2.31. The van der Waals surface area contributed by atoms with Crippen LogP contribution in [0.2, 0.25) is 5.02 Å². The second kappa shape index (κ2) is 5.17. The summed E-state index contributed by atoms with van der Waals surface area (Å²) in [5.41, 5.74) is 1.59. The van der Waals surface area contributed by atoms with Crippen molar-refractivity contribution in [3.63, 3.8) is 0 Å². The molecule has 0 aliphatic heterocycles. The molecule has 4 heteroatoms. The van der Waals surface area contributed by atoms with Crippen molar-refractivity contribution in [2.75, 3.05) is 0 Å². The predicted octanol–water partition coefficient (Wildman–Crippen LogP) is 3.33. The molecule has 3 nitrogen and oxygen atoms in total. The number of rotatable bonds is 3. The number of nitrogens with zero attached hydrogens (tertiary/aromatic N) is 1. The third-order valence-corrected chi connectivity index (χ3v) is 2.46. The first kappa shape index (κ1) is 11.9. The molecule has 1 aromatic carbocycles. The second-order valence-electron chi connectivity index (χ2n) is 3.67. The summed E-state index contributed by atoms with van der Waals surface area (Å²) >= 11 is 5.78. The van der Waals surface area contributed by atoms with Crippen LogP contribution in [0.25, 0.3) is 0 Å². The number of ether oxygens (including phenoxy) is 1. The van der Waals surface area contributed by atoms with Gasteiger partial charge in [-0.1, -0.05) is 11.6 Å². The van der Waals surface area contributed by atoms with Crippen molar-refractivity contribution in [2.45, 2.75) is 13.5 Å². The minimum Gasteiger partial charge on any atom is -0.439 e. The van der Waals surface area contributed by atoms with Crippen molar-refractivity contribution in [3.05, 3.63) is 52.7 Å². The Bertz CT molecular complexity index is 511. The maximum Gasteiger partial charge on any atom is 0.219 e. The van der Waals surface area contributed by atoms with E-state index in [4.69, 9.17) is 21.4 Å². The fourth-order valence-corrected chi connectivity index (χ4v) is 1.60. The molecule has 0 amide bonds. The van der Waals surface area contributed by atoms with Gasteiger partial charge in [0.1, 0.15) is 5.75 Å². The lowest BCUT2D eigenvalue weighted by atomic mass is 10.2. The number of aliphatic hydroxyl groups excluding tert-OH is 1. The zero-order chi connectivity index (χ0) is 12.3.